The van der Waals surface area contributed by atoms with Crippen LogP contribution in [0.3, 0.4) is 0 Å². The van der Waals surface area contributed by atoms with Gasteiger partial charge in [0.2, 0.25) is 11.1 Å². The van der Waals surface area contributed by atoms with E-state index in [2.05, 4.69) is 52.5 Å². The number of carbonyl (C=O) groups is 1. The number of rotatable bonds is 10. The minimum atomic E-state index is -0.564. The Morgan fingerprint density at radius 1 is 1.10 bits per heavy atom. The molecule has 5 rings (SSSR count). The highest BCUT2D eigenvalue weighted by Crippen LogP contribution is 2.43. The average Bonchev–Trinajstić information content (AvgIpc) is 3.37. The average molecular weight is 649 g/mol. The van der Waals surface area contributed by atoms with E-state index in [0.717, 1.165) is 28.9 Å². The number of hydrogen-bond acceptors (Lipinski definition) is 7. The number of methoxy groups -OCH3 is 1. The monoisotopic (exact) mass is 647 g/mol. The van der Waals surface area contributed by atoms with E-state index < -0.39 is 6.04 Å². The molecule has 4 aromatic rings. The number of hydrogen-bond donors (Lipinski definition) is 2. The largest absolute Gasteiger partial charge is 0.493 e. The van der Waals surface area contributed by atoms with Crippen molar-refractivity contribution in [2.75, 3.05) is 23.5 Å². The van der Waals surface area contributed by atoms with Gasteiger partial charge in [0, 0.05) is 17.1 Å². The summed E-state index contributed by atoms with van der Waals surface area (Å²) in [7, 11) is 1.61. The van der Waals surface area contributed by atoms with Gasteiger partial charge in [0.1, 0.15) is 12.6 Å². The minimum absolute atomic E-state index is 0.229. The fourth-order valence-corrected chi connectivity index (χ4v) is 6.08. The van der Waals surface area contributed by atoms with Crippen molar-refractivity contribution in [1.82, 2.24) is 14.8 Å². The van der Waals surface area contributed by atoms with E-state index in [1.165, 1.54) is 5.56 Å². The van der Waals surface area contributed by atoms with Crippen LogP contribution in [0.4, 0.5) is 11.6 Å². The molecule has 8 nitrogen and oxygen atoms in total. The minimum Gasteiger partial charge on any atom is -0.493 e. The molecule has 1 aromatic heterocycles. The highest BCUT2D eigenvalue weighted by Gasteiger charge is 2.35. The summed E-state index contributed by atoms with van der Waals surface area (Å²) >= 11 is 5.31. The van der Waals surface area contributed by atoms with Crippen LogP contribution in [-0.2, 0) is 11.4 Å². The van der Waals surface area contributed by atoms with Gasteiger partial charge in [-0.05, 0) is 78.5 Å². The molecule has 0 fully saturated rings. The Hall–Kier alpha value is -3.76. The first kappa shape index (κ1) is 29.7. The standard InChI is InChI=1S/C32H34BrN5O3S/c1-6-14-42-32-36-31-34-21(4)27(30(39)35-24-12-10-19(2)11-13-24)28(38(31)37-32)23-16-25(33)29(26(17-23)40-5)41-18-22-9-7-8-20(3)15-22/h7-13,15-17,28H,6,14,18H2,1-5H3,(H,35,39)(H,34,36,37). The van der Waals surface area contributed by atoms with Gasteiger partial charge in [-0.25, -0.2) is 4.68 Å². The van der Waals surface area contributed by atoms with E-state index in [4.69, 9.17) is 19.6 Å². The molecule has 0 aliphatic carbocycles. The van der Waals surface area contributed by atoms with Crippen molar-refractivity contribution in [2.24, 2.45) is 0 Å². The van der Waals surface area contributed by atoms with Crippen LogP contribution >= 0.6 is 27.7 Å². The second-order valence-corrected chi connectivity index (χ2v) is 12.1. The van der Waals surface area contributed by atoms with Gasteiger partial charge < -0.3 is 20.1 Å². The number of carbonyl (C=O) groups excluding carboxylic acids is 1. The van der Waals surface area contributed by atoms with Gasteiger partial charge >= 0.3 is 0 Å². The predicted octanol–water partition coefficient (Wildman–Crippen LogP) is 7.67. The molecule has 0 spiro atoms. The Kier molecular flexibility index (Phi) is 9.23. The summed E-state index contributed by atoms with van der Waals surface area (Å²) in [5.41, 5.74) is 6.09. The lowest BCUT2D eigenvalue weighted by molar-refractivity contribution is -0.113. The Balaban J connectivity index is 1.54. The first-order valence-corrected chi connectivity index (χ1v) is 15.6. The van der Waals surface area contributed by atoms with Crippen LogP contribution in [0.15, 0.2) is 81.6 Å². The molecule has 218 valence electrons. The summed E-state index contributed by atoms with van der Waals surface area (Å²) in [6.45, 7) is 8.47. The van der Waals surface area contributed by atoms with Gasteiger partial charge in [0.05, 0.1) is 17.2 Å². The van der Waals surface area contributed by atoms with Crippen molar-refractivity contribution >= 4 is 45.2 Å². The molecule has 2 N–H and O–H groups in total. The van der Waals surface area contributed by atoms with Crippen LogP contribution in [-0.4, -0.2) is 33.5 Å². The lowest BCUT2D eigenvalue weighted by Crippen LogP contribution is -2.31. The van der Waals surface area contributed by atoms with E-state index in [0.29, 0.717) is 50.6 Å². The normalized spacial score (nSPS) is 14.3. The Morgan fingerprint density at radius 2 is 1.88 bits per heavy atom. The first-order chi connectivity index (χ1) is 20.3. The fraction of sp³-hybridized carbons (Fsp3) is 0.281. The van der Waals surface area contributed by atoms with Gasteiger partial charge in [0.15, 0.2) is 11.5 Å². The van der Waals surface area contributed by atoms with Crippen LogP contribution in [0, 0.1) is 13.8 Å². The second-order valence-electron chi connectivity index (χ2n) is 10.2. The maximum Gasteiger partial charge on any atom is 0.255 e. The third-order valence-corrected chi connectivity index (χ3v) is 8.49. The molecule has 1 aliphatic rings. The molecule has 1 unspecified atom stereocenters. The first-order valence-electron chi connectivity index (χ1n) is 13.8. The zero-order valence-electron chi connectivity index (χ0n) is 24.3. The van der Waals surface area contributed by atoms with E-state index >= 15 is 0 Å². The quantitative estimate of drug-likeness (QED) is 0.171. The summed E-state index contributed by atoms with van der Waals surface area (Å²) in [6.07, 6.45) is 1.00. The summed E-state index contributed by atoms with van der Waals surface area (Å²) in [4.78, 5) is 18.6. The van der Waals surface area contributed by atoms with Gasteiger partial charge in [0.25, 0.3) is 5.91 Å². The predicted molar refractivity (Wildman–Crippen MR) is 172 cm³/mol. The van der Waals surface area contributed by atoms with Crippen LogP contribution < -0.4 is 20.1 Å². The summed E-state index contributed by atoms with van der Waals surface area (Å²) in [5.74, 6) is 2.38. The van der Waals surface area contributed by atoms with Crippen molar-refractivity contribution in [3.63, 3.8) is 0 Å². The molecule has 0 saturated heterocycles. The van der Waals surface area contributed by atoms with Crippen molar-refractivity contribution in [1.29, 1.82) is 0 Å². The smallest absolute Gasteiger partial charge is 0.255 e. The fourth-order valence-electron chi connectivity index (χ4n) is 4.82. The van der Waals surface area contributed by atoms with Gasteiger partial charge in [-0.15, -0.1) is 5.10 Å². The number of benzene rings is 3. The number of anilines is 2. The highest BCUT2D eigenvalue weighted by atomic mass is 79.9. The SMILES string of the molecule is CCCSc1nc2n(n1)C(c1cc(Br)c(OCc3cccc(C)c3)c(OC)c1)C(C(=O)Nc1ccc(C)cc1)=C(C)N2. The number of aromatic nitrogens is 3. The molecule has 1 aliphatic heterocycles. The number of amides is 1. The molecular weight excluding hydrogens is 614 g/mol. The number of ether oxygens (including phenoxy) is 2. The van der Waals surface area contributed by atoms with Crippen molar-refractivity contribution in [2.45, 2.75) is 51.9 Å². The van der Waals surface area contributed by atoms with Crippen LogP contribution in [0.2, 0.25) is 0 Å². The molecule has 0 bridgehead atoms. The van der Waals surface area contributed by atoms with Crippen LogP contribution in [0.25, 0.3) is 0 Å². The summed E-state index contributed by atoms with van der Waals surface area (Å²) in [6, 6.07) is 19.2. The number of thioether (sulfide) groups is 1. The van der Waals surface area contributed by atoms with E-state index in [1.54, 1.807) is 23.6 Å². The van der Waals surface area contributed by atoms with Crippen molar-refractivity contribution in [3.8, 4) is 11.5 Å². The van der Waals surface area contributed by atoms with E-state index in [-0.39, 0.29) is 5.91 Å². The maximum absolute atomic E-state index is 13.9. The van der Waals surface area contributed by atoms with E-state index in [9.17, 15) is 4.79 Å². The molecular formula is C32H34BrN5O3S. The lowest BCUT2D eigenvalue weighted by atomic mass is 9.94. The Labute approximate surface area is 259 Å². The number of fused-ring (bicyclic) bond motifs is 1. The van der Waals surface area contributed by atoms with Gasteiger partial charge in [-0.3, -0.25) is 4.79 Å². The topological polar surface area (TPSA) is 90.3 Å². The molecule has 2 heterocycles. The maximum atomic E-state index is 13.9. The molecule has 0 saturated carbocycles. The molecule has 1 atom stereocenters. The number of nitrogens with one attached hydrogen (secondary N) is 2. The molecule has 10 heteroatoms. The zero-order chi connectivity index (χ0) is 29.8. The summed E-state index contributed by atoms with van der Waals surface area (Å²) < 4.78 is 14.5. The number of aryl methyl sites for hydroxylation is 2. The number of allylic oxidation sites excluding steroid dienone is 1. The van der Waals surface area contributed by atoms with E-state index in [1.807, 2.05) is 62.4 Å². The lowest BCUT2D eigenvalue weighted by Gasteiger charge is -2.29. The molecule has 42 heavy (non-hydrogen) atoms. The third-order valence-electron chi connectivity index (χ3n) is 6.86. The third kappa shape index (κ3) is 6.50. The van der Waals surface area contributed by atoms with Crippen molar-refractivity contribution < 1.29 is 14.3 Å². The Morgan fingerprint density at radius 3 is 2.60 bits per heavy atom. The second kappa shape index (κ2) is 13.0. The number of halogens is 1. The highest BCUT2D eigenvalue weighted by molar-refractivity contribution is 9.10. The van der Waals surface area contributed by atoms with Gasteiger partial charge in [-0.1, -0.05) is 66.2 Å². The Bertz CT molecular complexity index is 1630. The molecule has 1 amide bonds. The molecule has 0 radical (unpaired) electrons. The zero-order valence-corrected chi connectivity index (χ0v) is 26.7. The van der Waals surface area contributed by atoms with Crippen LogP contribution in [0.5, 0.6) is 11.5 Å². The number of nitrogens with zero attached hydrogens (tertiary/aromatic N) is 3. The summed E-state index contributed by atoms with van der Waals surface area (Å²) in [5, 5.41) is 11.9. The van der Waals surface area contributed by atoms with Crippen molar-refractivity contribution in [3.05, 3.63) is 98.7 Å². The molecule has 3 aromatic carbocycles. The van der Waals surface area contributed by atoms with Gasteiger partial charge in [-0.2, -0.15) is 4.98 Å². The van der Waals surface area contributed by atoms with Crippen LogP contribution in [0.1, 0.15) is 48.6 Å².